The van der Waals surface area contributed by atoms with Gasteiger partial charge in [-0.05, 0) is 26.0 Å². The average molecular weight is 318 g/mol. The SMILES string of the molecule is CC(=O)N1CCN(C(=O)c2nc3cccnc3s2)C(C)(C)C1. The van der Waals surface area contributed by atoms with Gasteiger partial charge >= 0.3 is 0 Å². The van der Waals surface area contributed by atoms with Crippen molar-refractivity contribution in [1.82, 2.24) is 19.8 Å². The van der Waals surface area contributed by atoms with Crippen molar-refractivity contribution in [2.45, 2.75) is 26.3 Å². The maximum absolute atomic E-state index is 12.8. The first-order valence-corrected chi connectivity index (χ1v) is 7.99. The maximum atomic E-state index is 12.8. The number of rotatable bonds is 1. The number of hydrogen-bond acceptors (Lipinski definition) is 5. The maximum Gasteiger partial charge on any atom is 0.283 e. The second-order valence-electron chi connectivity index (χ2n) is 6.06. The summed E-state index contributed by atoms with van der Waals surface area (Å²) >= 11 is 1.31. The summed E-state index contributed by atoms with van der Waals surface area (Å²) in [7, 11) is 0. The predicted octanol–water partition coefficient (Wildman–Crippen LogP) is 1.77. The molecule has 2 aromatic heterocycles. The van der Waals surface area contributed by atoms with Gasteiger partial charge < -0.3 is 9.80 Å². The third kappa shape index (κ3) is 2.56. The fraction of sp³-hybridized carbons (Fsp3) is 0.467. The summed E-state index contributed by atoms with van der Waals surface area (Å²) in [5, 5.41) is 0.457. The molecule has 0 bridgehead atoms. The first kappa shape index (κ1) is 14.9. The van der Waals surface area contributed by atoms with Crippen LogP contribution in [0.4, 0.5) is 0 Å². The smallest absolute Gasteiger partial charge is 0.283 e. The molecule has 0 saturated carbocycles. The summed E-state index contributed by atoms with van der Waals surface area (Å²) in [4.78, 5) is 37.3. The normalized spacial score (nSPS) is 17.8. The molecular weight excluding hydrogens is 300 g/mol. The lowest BCUT2D eigenvalue weighted by atomic mass is 9.98. The number of aromatic nitrogens is 2. The number of piperazine rings is 1. The number of carbonyl (C=O) groups is 2. The molecule has 2 amide bonds. The molecule has 3 heterocycles. The van der Waals surface area contributed by atoms with Crippen LogP contribution in [0.1, 0.15) is 30.6 Å². The summed E-state index contributed by atoms with van der Waals surface area (Å²) in [5.41, 5.74) is 0.336. The molecule has 1 saturated heterocycles. The van der Waals surface area contributed by atoms with Gasteiger partial charge in [-0.25, -0.2) is 9.97 Å². The fourth-order valence-electron chi connectivity index (χ4n) is 2.78. The standard InChI is InChI=1S/C15H18N4O2S/c1-10(20)18-7-8-19(15(2,3)9-18)14(21)13-17-11-5-4-6-16-12(11)22-13/h4-6H,7-9H2,1-3H3. The highest BCUT2D eigenvalue weighted by Crippen LogP contribution is 2.26. The Kier molecular flexibility index (Phi) is 3.60. The van der Waals surface area contributed by atoms with Crippen LogP contribution in [-0.2, 0) is 4.79 Å². The van der Waals surface area contributed by atoms with E-state index in [0.29, 0.717) is 24.6 Å². The van der Waals surface area contributed by atoms with Crippen LogP contribution in [0.15, 0.2) is 18.3 Å². The molecule has 0 spiro atoms. The third-order valence-corrected chi connectivity index (χ3v) is 4.91. The fourth-order valence-corrected chi connectivity index (χ4v) is 3.63. The summed E-state index contributed by atoms with van der Waals surface area (Å²) in [6.45, 7) is 7.14. The Morgan fingerprint density at radius 3 is 2.73 bits per heavy atom. The van der Waals surface area contributed by atoms with Crippen LogP contribution in [0, 0.1) is 0 Å². The number of hydrogen-bond donors (Lipinski definition) is 0. The van der Waals surface area contributed by atoms with Crippen molar-refractivity contribution in [3.8, 4) is 0 Å². The molecule has 0 radical (unpaired) electrons. The predicted molar refractivity (Wildman–Crippen MR) is 84.8 cm³/mol. The summed E-state index contributed by atoms with van der Waals surface area (Å²) in [6, 6.07) is 3.67. The van der Waals surface area contributed by atoms with E-state index in [-0.39, 0.29) is 11.8 Å². The molecule has 116 valence electrons. The summed E-state index contributed by atoms with van der Waals surface area (Å²) in [5.74, 6) is -0.0411. The molecule has 0 aromatic carbocycles. The first-order chi connectivity index (χ1) is 10.4. The number of thiazole rings is 1. The molecule has 1 fully saturated rings. The molecule has 0 atom stereocenters. The summed E-state index contributed by atoms with van der Waals surface area (Å²) < 4.78 is 0. The zero-order valence-electron chi connectivity index (χ0n) is 12.9. The van der Waals surface area contributed by atoms with Crippen LogP contribution < -0.4 is 0 Å². The van der Waals surface area contributed by atoms with Gasteiger partial charge in [0.15, 0.2) is 5.01 Å². The quantitative estimate of drug-likeness (QED) is 0.804. The Balaban J connectivity index is 1.87. The van der Waals surface area contributed by atoms with Crippen LogP contribution in [0.2, 0.25) is 0 Å². The summed E-state index contributed by atoms with van der Waals surface area (Å²) in [6.07, 6.45) is 1.70. The number of pyridine rings is 1. The monoisotopic (exact) mass is 318 g/mol. The van der Waals surface area contributed by atoms with E-state index in [1.54, 1.807) is 18.0 Å². The molecule has 0 aliphatic carbocycles. The van der Waals surface area contributed by atoms with E-state index >= 15 is 0 Å². The molecule has 2 aromatic rings. The molecule has 7 heteroatoms. The van der Waals surface area contributed by atoms with Crippen LogP contribution in [0.5, 0.6) is 0 Å². The van der Waals surface area contributed by atoms with E-state index in [9.17, 15) is 9.59 Å². The second kappa shape index (κ2) is 5.31. The van der Waals surface area contributed by atoms with E-state index in [4.69, 9.17) is 0 Å². The minimum absolute atomic E-state index is 0.0457. The van der Waals surface area contributed by atoms with E-state index in [2.05, 4.69) is 9.97 Å². The minimum atomic E-state index is -0.410. The van der Waals surface area contributed by atoms with Crippen LogP contribution >= 0.6 is 11.3 Å². The zero-order chi connectivity index (χ0) is 15.9. The van der Waals surface area contributed by atoms with Gasteiger partial charge in [0.05, 0.1) is 5.54 Å². The molecule has 1 aliphatic rings. The number of amides is 2. The van der Waals surface area contributed by atoms with Gasteiger partial charge in [0.25, 0.3) is 5.91 Å². The Hall–Kier alpha value is -2.02. The van der Waals surface area contributed by atoms with Crippen molar-refractivity contribution in [3.05, 3.63) is 23.3 Å². The molecule has 0 N–H and O–H groups in total. The lowest BCUT2D eigenvalue weighted by Crippen LogP contribution is -2.61. The Labute approximate surface area is 132 Å². The largest absolute Gasteiger partial charge is 0.339 e. The van der Waals surface area contributed by atoms with E-state index in [1.165, 1.54) is 11.3 Å². The topological polar surface area (TPSA) is 66.4 Å². The lowest BCUT2D eigenvalue weighted by Gasteiger charge is -2.46. The molecule has 3 rings (SSSR count). The highest BCUT2D eigenvalue weighted by molar-refractivity contribution is 7.19. The van der Waals surface area contributed by atoms with Gasteiger partial charge in [0, 0.05) is 32.8 Å². The highest BCUT2D eigenvalue weighted by Gasteiger charge is 2.38. The van der Waals surface area contributed by atoms with Gasteiger partial charge in [0.1, 0.15) is 10.3 Å². The third-order valence-electron chi connectivity index (χ3n) is 3.94. The highest BCUT2D eigenvalue weighted by atomic mass is 32.1. The van der Waals surface area contributed by atoms with E-state index in [1.807, 2.05) is 30.9 Å². The van der Waals surface area contributed by atoms with Crippen LogP contribution in [0.25, 0.3) is 10.3 Å². The molecule has 6 nitrogen and oxygen atoms in total. The van der Waals surface area contributed by atoms with E-state index in [0.717, 1.165) is 10.3 Å². The number of fused-ring (bicyclic) bond motifs is 1. The Bertz CT molecular complexity index is 707. The van der Waals surface area contributed by atoms with Gasteiger partial charge in [0.2, 0.25) is 5.91 Å². The molecule has 22 heavy (non-hydrogen) atoms. The van der Waals surface area contributed by atoms with Crippen molar-refractivity contribution < 1.29 is 9.59 Å². The van der Waals surface area contributed by atoms with Gasteiger partial charge in [-0.1, -0.05) is 11.3 Å². The molecular formula is C15H18N4O2S. The molecule has 0 unspecified atom stereocenters. The van der Waals surface area contributed by atoms with Crippen LogP contribution in [0.3, 0.4) is 0 Å². The Morgan fingerprint density at radius 2 is 2.09 bits per heavy atom. The second-order valence-corrected chi connectivity index (χ2v) is 7.03. The van der Waals surface area contributed by atoms with Gasteiger partial charge in [-0.2, -0.15) is 0 Å². The number of carbonyl (C=O) groups excluding carboxylic acids is 2. The molecule has 1 aliphatic heterocycles. The van der Waals surface area contributed by atoms with Gasteiger partial charge in [-0.3, -0.25) is 9.59 Å². The first-order valence-electron chi connectivity index (χ1n) is 7.17. The van der Waals surface area contributed by atoms with Crippen molar-refractivity contribution >= 4 is 33.5 Å². The number of nitrogens with zero attached hydrogens (tertiary/aromatic N) is 4. The Morgan fingerprint density at radius 1 is 1.32 bits per heavy atom. The average Bonchev–Trinajstić information content (AvgIpc) is 2.89. The zero-order valence-corrected chi connectivity index (χ0v) is 13.7. The van der Waals surface area contributed by atoms with Gasteiger partial charge in [-0.15, -0.1) is 0 Å². The van der Waals surface area contributed by atoms with Crippen LogP contribution in [-0.4, -0.2) is 56.8 Å². The van der Waals surface area contributed by atoms with Crippen molar-refractivity contribution in [1.29, 1.82) is 0 Å². The van der Waals surface area contributed by atoms with Crippen molar-refractivity contribution in [2.75, 3.05) is 19.6 Å². The van der Waals surface area contributed by atoms with Crippen molar-refractivity contribution in [2.24, 2.45) is 0 Å². The lowest BCUT2D eigenvalue weighted by molar-refractivity contribution is -0.133. The van der Waals surface area contributed by atoms with Crippen molar-refractivity contribution in [3.63, 3.8) is 0 Å². The minimum Gasteiger partial charge on any atom is -0.339 e. The van der Waals surface area contributed by atoms with E-state index < -0.39 is 5.54 Å².